The highest BCUT2D eigenvalue weighted by Crippen LogP contribution is 2.19. The first kappa shape index (κ1) is 16.4. The van der Waals surface area contributed by atoms with Crippen molar-refractivity contribution >= 4 is 16.6 Å². The number of hydrogen-bond acceptors (Lipinski definition) is 2. The molecule has 1 heterocycles. The minimum absolute atomic E-state index is 0.203. The number of halogens is 1. The van der Waals surface area contributed by atoms with Gasteiger partial charge in [0.1, 0.15) is 5.82 Å². The Labute approximate surface area is 152 Å². The quantitative estimate of drug-likeness (QED) is 0.484. The summed E-state index contributed by atoms with van der Waals surface area (Å²) >= 11 is 0. The fourth-order valence-corrected chi connectivity index (χ4v) is 3.03. The number of aromatic nitrogens is 1. The predicted octanol–water partition coefficient (Wildman–Crippen LogP) is 4.95. The maximum Gasteiger partial charge on any atom is 0.123 e. The van der Waals surface area contributed by atoms with Gasteiger partial charge in [0.05, 0.1) is 0 Å². The van der Waals surface area contributed by atoms with Crippen LogP contribution in [0.1, 0.15) is 11.1 Å². The Morgan fingerprint density at radius 2 is 1.58 bits per heavy atom. The molecular weight excluding hydrogens is 325 g/mol. The largest absolute Gasteiger partial charge is 0.343 e. The van der Waals surface area contributed by atoms with Gasteiger partial charge >= 0.3 is 0 Å². The molecule has 0 aliphatic rings. The average Bonchev–Trinajstić information content (AvgIpc) is 3.07. The van der Waals surface area contributed by atoms with E-state index in [1.807, 2.05) is 42.5 Å². The molecule has 0 aliphatic carbocycles. The Balaban J connectivity index is 1.48. The minimum Gasteiger partial charge on any atom is -0.343 e. The predicted molar refractivity (Wildman–Crippen MR) is 104 cm³/mol. The molecule has 0 unspecified atom stereocenters. The summed E-state index contributed by atoms with van der Waals surface area (Å²) in [6.45, 7) is 1.44. The van der Waals surface area contributed by atoms with Gasteiger partial charge in [-0.15, -0.1) is 0 Å². The minimum atomic E-state index is -0.203. The van der Waals surface area contributed by atoms with Gasteiger partial charge in [0.25, 0.3) is 0 Å². The van der Waals surface area contributed by atoms with Crippen LogP contribution in [0.15, 0.2) is 85.1 Å². The lowest BCUT2D eigenvalue weighted by molar-refractivity contribution is 0.626. The third kappa shape index (κ3) is 3.76. The Morgan fingerprint density at radius 3 is 2.38 bits per heavy atom. The molecule has 0 atom stereocenters. The van der Waals surface area contributed by atoms with E-state index in [2.05, 4.69) is 45.9 Å². The van der Waals surface area contributed by atoms with E-state index in [1.54, 1.807) is 0 Å². The molecule has 26 heavy (non-hydrogen) atoms. The first-order chi connectivity index (χ1) is 12.8. The zero-order chi connectivity index (χ0) is 17.8. The molecule has 2 N–H and O–H groups in total. The fraction of sp³-hybridized carbons (Fsp3) is 0.0909. The van der Waals surface area contributed by atoms with Crippen LogP contribution in [0.3, 0.4) is 0 Å². The number of hydrogen-bond donors (Lipinski definition) is 2. The van der Waals surface area contributed by atoms with E-state index in [0.29, 0.717) is 6.54 Å². The lowest BCUT2D eigenvalue weighted by Gasteiger charge is -2.10. The number of fused-ring (bicyclic) bond motifs is 1. The van der Waals surface area contributed by atoms with Gasteiger partial charge in [-0.25, -0.2) is 9.82 Å². The van der Waals surface area contributed by atoms with Crippen LogP contribution in [-0.4, -0.2) is 4.57 Å². The second-order valence-electron chi connectivity index (χ2n) is 6.31. The molecule has 4 rings (SSSR count). The van der Waals surface area contributed by atoms with Crippen molar-refractivity contribution in [2.45, 2.75) is 13.1 Å². The number of benzene rings is 3. The number of anilines is 1. The van der Waals surface area contributed by atoms with Gasteiger partial charge in [-0.2, -0.15) is 0 Å². The van der Waals surface area contributed by atoms with E-state index in [1.165, 1.54) is 28.6 Å². The zero-order valence-corrected chi connectivity index (χ0v) is 14.3. The molecule has 0 amide bonds. The normalized spacial score (nSPS) is 11.0. The first-order valence-corrected chi connectivity index (χ1v) is 8.64. The maximum atomic E-state index is 13.1. The number of hydrazine groups is 1. The molecule has 0 bridgehead atoms. The topological polar surface area (TPSA) is 29.0 Å². The van der Waals surface area contributed by atoms with Crippen molar-refractivity contribution in [3.8, 4) is 0 Å². The van der Waals surface area contributed by atoms with Crippen LogP contribution in [0.5, 0.6) is 0 Å². The van der Waals surface area contributed by atoms with Gasteiger partial charge in [0, 0.05) is 30.5 Å². The summed E-state index contributed by atoms with van der Waals surface area (Å²) in [5, 5.41) is 1.20. The van der Waals surface area contributed by atoms with Crippen molar-refractivity contribution < 1.29 is 4.39 Å². The molecule has 3 nitrogen and oxygen atoms in total. The molecule has 4 heteroatoms. The third-order valence-corrected chi connectivity index (χ3v) is 4.40. The Morgan fingerprint density at radius 1 is 0.808 bits per heavy atom. The summed E-state index contributed by atoms with van der Waals surface area (Å²) in [7, 11) is 0. The molecule has 0 saturated heterocycles. The van der Waals surface area contributed by atoms with Crippen molar-refractivity contribution in [3.05, 3.63) is 102 Å². The first-order valence-electron chi connectivity index (χ1n) is 8.64. The molecule has 0 saturated carbocycles. The highest BCUT2D eigenvalue weighted by atomic mass is 19.1. The van der Waals surface area contributed by atoms with Crippen molar-refractivity contribution in [1.29, 1.82) is 0 Å². The molecule has 130 valence electrons. The van der Waals surface area contributed by atoms with Crippen LogP contribution in [0, 0.1) is 5.82 Å². The molecule has 1 aromatic heterocycles. The standard InChI is InChI=1S/C22H20FN3/c23-20-10-7-17(8-11-20)16-26-13-12-19-9-6-18(14-22(19)26)15-24-25-21-4-2-1-3-5-21/h1-14,24-25H,15-16H2. The summed E-state index contributed by atoms with van der Waals surface area (Å²) in [5.41, 5.74) is 10.9. The van der Waals surface area contributed by atoms with Crippen LogP contribution >= 0.6 is 0 Å². The molecule has 0 radical (unpaired) electrons. The number of nitrogens with one attached hydrogen (secondary N) is 2. The Hall–Kier alpha value is -3.11. The van der Waals surface area contributed by atoms with Crippen LogP contribution in [-0.2, 0) is 13.1 Å². The van der Waals surface area contributed by atoms with Crippen molar-refractivity contribution in [3.63, 3.8) is 0 Å². The summed E-state index contributed by atoms with van der Waals surface area (Å²) in [4.78, 5) is 0. The molecule has 0 aliphatic heterocycles. The van der Waals surface area contributed by atoms with Crippen molar-refractivity contribution in [2.24, 2.45) is 0 Å². The number of para-hydroxylation sites is 1. The second kappa shape index (κ2) is 7.42. The monoisotopic (exact) mass is 345 g/mol. The van der Waals surface area contributed by atoms with Gasteiger partial charge < -0.3 is 9.99 Å². The smallest absolute Gasteiger partial charge is 0.123 e. The fourth-order valence-electron chi connectivity index (χ4n) is 3.03. The van der Waals surface area contributed by atoms with E-state index >= 15 is 0 Å². The SMILES string of the molecule is Fc1ccc(Cn2ccc3ccc(CNNc4ccccc4)cc32)cc1. The molecule has 0 spiro atoms. The highest BCUT2D eigenvalue weighted by Gasteiger charge is 2.04. The zero-order valence-electron chi connectivity index (χ0n) is 14.3. The third-order valence-electron chi connectivity index (χ3n) is 4.40. The van der Waals surface area contributed by atoms with Gasteiger partial charge in [-0.05, 0) is 52.9 Å². The Bertz CT molecular complexity index is 991. The molecule has 4 aromatic rings. The average molecular weight is 345 g/mol. The molecule has 3 aromatic carbocycles. The Kier molecular flexibility index (Phi) is 4.67. The van der Waals surface area contributed by atoms with Crippen LogP contribution in [0.25, 0.3) is 10.9 Å². The van der Waals surface area contributed by atoms with E-state index in [4.69, 9.17) is 0 Å². The van der Waals surface area contributed by atoms with Gasteiger partial charge in [0.2, 0.25) is 0 Å². The van der Waals surface area contributed by atoms with Gasteiger partial charge in [0.15, 0.2) is 0 Å². The van der Waals surface area contributed by atoms with Crippen LogP contribution < -0.4 is 10.9 Å². The molecule has 0 fully saturated rings. The van der Waals surface area contributed by atoms with E-state index in [-0.39, 0.29) is 5.82 Å². The van der Waals surface area contributed by atoms with E-state index < -0.39 is 0 Å². The van der Waals surface area contributed by atoms with Gasteiger partial charge in [-0.3, -0.25) is 0 Å². The summed E-state index contributed by atoms with van der Waals surface area (Å²) in [6.07, 6.45) is 2.08. The van der Waals surface area contributed by atoms with E-state index in [0.717, 1.165) is 17.8 Å². The second-order valence-corrected chi connectivity index (χ2v) is 6.31. The number of rotatable bonds is 6. The highest BCUT2D eigenvalue weighted by molar-refractivity contribution is 5.81. The molecular formula is C22H20FN3. The van der Waals surface area contributed by atoms with Crippen LogP contribution in [0.2, 0.25) is 0 Å². The van der Waals surface area contributed by atoms with Crippen molar-refractivity contribution in [2.75, 3.05) is 5.43 Å². The lowest BCUT2D eigenvalue weighted by Crippen LogP contribution is -2.20. The summed E-state index contributed by atoms with van der Waals surface area (Å²) < 4.78 is 15.3. The summed E-state index contributed by atoms with van der Waals surface area (Å²) in [6, 6.07) is 25.3. The van der Waals surface area contributed by atoms with Crippen molar-refractivity contribution in [1.82, 2.24) is 9.99 Å². The van der Waals surface area contributed by atoms with Gasteiger partial charge in [-0.1, -0.05) is 42.5 Å². The number of nitrogens with zero attached hydrogens (tertiary/aromatic N) is 1. The lowest BCUT2D eigenvalue weighted by atomic mass is 10.1. The van der Waals surface area contributed by atoms with Crippen LogP contribution in [0.4, 0.5) is 10.1 Å². The maximum absolute atomic E-state index is 13.1. The summed E-state index contributed by atoms with van der Waals surface area (Å²) in [5.74, 6) is -0.203. The van der Waals surface area contributed by atoms with E-state index in [9.17, 15) is 4.39 Å².